The molecular formula is C27H43N3O7. The van der Waals surface area contributed by atoms with Gasteiger partial charge in [0.05, 0.1) is 39.8 Å². The van der Waals surface area contributed by atoms with Crippen LogP contribution in [0.25, 0.3) is 0 Å². The van der Waals surface area contributed by atoms with E-state index in [1.54, 1.807) is 19.1 Å². The quantitative estimate of drug-likeness (QED) is 0.425. The van der Waals surface area contributed by atoms with E-state index >= 15 is 0 Å². The van der Waals surface area contributed by atoms with E-state index in [4.69, 9.17) is 29.3 Å². The van der Waals surface area contributed by atoms with Gasteiger partial charge in [0.2, 0.25) is 5.91 Å². The van der Waals surface area contributed by atoms with E-state index in [9.17, 15) is 4.79 Å². The van der Waals surface area contributed by atoms with Gasteiger partial charge in [-0.2, -0.15) is 0 Å². The maximum Gasteiger partial charge on any atom is 0.351 e. The van der Waals surface area contributed by atoms with Crippen LogP contribution < -0.4 is 19.5 Å². The van der Waals surface area contributed by atoms with Crippen molar-refractivity contribution in [2.24, 2.45) is 5.92 Å². The molecule has 1 aromatic carbocycles. The van der Waals surface area contributed by atoms with Gasteiger partial charge in [0.15, 0.2) is 17.5 Å². The third-order valence-electron chi connectivity index (χ3n) is 7.32. The zero-order valence-electron chi connectivity index (χ0n) is 22.7. The van der Waals surface area contributed by atoms with Gasteiger partial charge < -0.3 is 34.3 Å². The van der Waals surface area contributed by atoms with Gasteiger partial charge >= 0.3 is 5.97 Å². The first kappa shape index (κ1) is 30.4. The minimum absolute atomic E-state index is 0.144. The van der Waals surface area contributed by atoms with Crippen LogP contribution >= 0.6 is 0 Å². The number of ether oxygens (including phenoxy) is 2. The van der Waals surface area contributed by atoms with Gasteiger partial charge in [-0.05, 0) is 49.9 Å². The number of piperidine rings is 2. The number of likely N-dealkylation sites (tertiary alicyclic amines) is 2. The number of carboxylic acids is 2. The average molecular weight is 522 g/mol. The molecule has 0 aromatic heterocycles. The van der Waals surface area contributed by atoms with E-state index in [0.29, 0.717) is 11.9 Å². The fraction of sp³-hybridized carbons (Fsp3) is 0.667. The van der Waals surface area contributed by atoms with E-state index < -0.39 is 11.9 Å². The van der Waals surface area contributed by atoms with Crippen LogP contribution in [0.15, 0.2) is 18.2 Å². The number of amides is 1. The molecule has 0 spiro atoms. The fourth-order valence-corrected chi connectivity index (χ4v) is 5.27. The molecule has 2 saturated heterocycles. The van der Waals surface area contributed by atoms with Gasteiger partial charge in [0.1, 0.15) is 0 Å². The number of hydrogen-bond acceptors (Lipinski definition) is 7. The second-order valence-electron chi connectivity index (χ2n) is 9.86. The van der Waals surface area contributed by atoms with Crippen molar-refractivity contribution in [1.29, 1.82) is 0 Å². The number of rotatable bonds is 9. The number of likely N-dealkylation sites (N-methyl/N-ethyl adjacent to an activating group) is 1. The van der Waals surface area contributed by atoms with Gasteiger partial charge in [-0.15, -0.1) is 0 Å². The lowest BCUT2D eigenvalue weighted by Crippen LogP contribution is -3.13. The number of carbonyl (C=O) groups excluding carboxylic acids is 2. The first-order valence-corrected chi connectivity index (χ1v) is 13.2. The highest BCUT2D eigenvalue weighted by atomic mass is 16.5. The molecule has 0 aliphatic carbocycles. The molecule has 1 amide bonds. The first-order valence-electron chi connectivity index (χ1n) is 13.2. The number of nitrogens with one attached hydrogen (secondary N) is 1. The van der Waals surface area contributed by atoms with E-state index in [0.717, 1.165) is 56.0 Å². The maximum atomic E-state index is 13.2. The summed E-state index contributed by atoms with van der Waals surface area (Å²) in [6.45, 7) is 8.99. The Labute approximate surface area is 220 Å². The predicted octanol–water partition coefficient (Wildman–Crippen LogP) is -0.305. The van der Waals surface area contributed by atoms with Crippen LogP contribution in [0.2, 0.25) is 0 Å². The smallest absolute Gasteiger partial charge is 0.351 e. The van der Waals surface area contributed by atoms with Gasteiger partial charge in [0, 0.05) is 39.0 Å². The summed E-state index contributed by atoms with van der Waals surface area (Å²) in [5.74, 6) is -2.08. The minimum atomic E-state index is -2.07. The lowest BCUT2D eigenvalue weighted by atomic mass is 9.92. The fourth-order valence-electron chi connectivity index (χ4n) is 5.27. The minimum Gasteiger partial charge on any atom is -0.539 e. The summed E-state index contributed by atoms with van der Waals surface area (Å²) in [4.78, 5) is 37.5. The number of hydrogen-bond donors (Lipinski definition) is 2. The molecule has 2 aliphatic heterocycles. The second-order valence-corrected chi connectivity index (χ2v) is 9.86. The number of quaternary nitrogens is 1. The van der Waals surface area contributed by atoms with E-state index in [2.05, 4.69) is 17.9 Å². The number of methoxy groups -OCH3 is 2. The Hall–Kier alpha value is -2.85. The van der Waals surface area contributed by atoms with Crippen molar-refractivity contribution in [2.45, 2.75) is 51.5 Å². The molecule has 2 N–H and O–H groups in total. The Kier molecular flexibility index (Phi) is 12.7. The van der Waals surface area contributed by atoms with Crippen LogP contribution in [-0.4, -0.2) is 99.3 Å². The van der Waals surface area contributed by atoms with Crippen molar-refractivity contribution < 1.29 is 39.0 Å². The molecule has 0 saturated carbocycles. The molecule has 208 valence electrons. The predicted molar refractivity (Wildman–Crippen MR) is 137 cm³/mol. The molecule has 2 aliphatic rings. The summed E-state index contributed by atoms with van der Waals surface area (Å²) >= 11 is 0. The van der Waals surface area contributed by atoms with Gasteiger partial charge in [-0.25, -0.2) is 4.79 Å². The highest BCUT2D eigenvalue weighted by Gasteiger charge is 2.33. The molecule has 1 unspecified atom stereocenters. The molecule has 2 fully saturated rings. The lowest BCUT2D eigenvalue weighted by molar-refractivity contribution is -0.905. The van der Waals surface area contributed by atoms with Crippen molar-refractivity contribution in [2.75, 3.05) is 60.5 Å². The Morgan fingerprint density at radius 3 is 2.35 bits per heavy atom. The van der Waals surface area contributed by atoms with Crippen molar-refractivity contribution >= 4 is 17.8 Å². The number of benzene rings is 1. The van der Waals surface area contributed by atoms with Crippen LogP contribution in [0.1, 0.15) is 44.6 Å². The molecule has 1 aromatic rings. The van der Waals surface area contributed by atoms with Gasteiger partial charge in [0.25, 0.3) is 0 Å². The molecular weight excluding hydrogens is 478 g/mol. The second kappa shape index (κ2) is 15.4. The zero-order valence-corrected chi connectivity index (χ0v) is 22.7. The third kappa shape index (κ3) is 9.51. The molecule has 0 bridgehead atoms. The van der Waals surface area contributed by atoms with E-state index in [1.807, 2.05) is 24.1 Å². The summed E-state index contributed by atoms with van der Waals surface area (Å²) in [5.41, 5.74) is 1.16. The number of carboxylic acid groups (broad SMARTS) is 2. The zero-order chi connectivity index (χ0) is 27.4. The van der Waals surface area contributed by atoms with E-state index in [1.165, 1.54) is 38.9 Å². The molecule has 2 heterocycles. The summed E-state index contributed by atoms with van der Waals surface area (Å²) < 4.78 is 10.7. The summed E-state index contributed by atoms with van der Waals surface area (Å²) in [6, 6.07) is 6.66. The van der Waals surface area contributed by atoms with Crippen LogP contribution in [0.3, 0.4) is 0 Å². The Bertz CT molecular complexity index is 875. The highest BCUT2D eigenvalue weighted by Crippen LogP contribution is 2.28. The van der Waals surface area contributed by atoms with Crippen LogP contribution in [-0.2, 0) is 20.8 Å². The van der Waals surface area contributed by atoms with Crippen LogP contribution in [0, 0.1) is 5.92 Å². The van der Waals surface area contributed by atoms with Crippen molar-refractivity contribution in [1.82, 2.24) is 9.80 Å². The number of aliphatic carboxylic acids is 2. The van der Waals surface area contributed by atoms with Crippen LogP contribution in [0.4, 0.5) is 0 Å². The van der Waals surface area contributed by atoms with Crippen molar-refractivity contribution in [3.63, 3.8) is 0 Å². The maximum absolute atomic E-state index is 13.2. The molecule has 3 rings (SSSR count). The van der Waals surface area contributed by atoms with Crippen LogP contribution in [0.5, 0.6) is 11.5 Å². The third-order valence-corrected chi connectivity index (χ3v) is 7.32. The monoisotopic (exact) mass is 521 g/mol. The molecule has 1 atom stereocenters. The summed E-state index contributed by atoms with van der Waals surface area (Å²) in [5, 5.41) is 16.3. The Morgan fingerprint density at radius 2 is 1.78 bits per heavy atom. The number of nitrogens with zero attached hydrogens (tertiary/aromatic N) is 2. The Balaban J connectivity index is 0.000000717. The molecule has 0 radical (unpaired) electrons. The molecule has 10 nitrogen and oxygen atoms in total. The lowest BCUT2D eigenvalue weighted by Gasteiger charge is -2.41. The highest BCUT2D eigenvalue weighted by molar-refractivity contribution is 6.26. The number of carbonyl (C=O) groups is 3. The standard InChI is InChI=1S/C25H41N3O3.C2H2O4/c1-5-13-27-16-11-22(12-17-27)28-14-6-7-21(19-28)25(29)26(2)15-10-20-8-9-23(30-3)24(18-20)31-4;3-1(4)2(5)6/h8-9,18,21-22H,5-7,10-17,19H2,1-4H3;(H,3,4)(H,5,6). The summed E-state index contributed by atoms with van der Waals surface area (Å²) in [7, 11) is 5.25. The molecule has 10 heteroatoms. The Morgan fingerprint density at radius 1 is 1.14 bits per heavy atom. The van der Waals surface area contributed by atoms with Gasteiger partial charge in [-0.1, -0.05) is 13.0 Å². The SMILES string of the molecule is CCC[NH+]1CCC(N2CCCC(C(=O)N(C)CCc3ccc(OC)c(OC)c3)C2)CC1.O=C([O-])C(=O)O. The normalized spacial score (nSPS) is 21.8. The first-order chi connectivity index (χ1) is 17.7. The average Bonchev–Trinajstić information content (AvgIpc) is 2.92. The summed E-state index contributed by atoms with van der Waals surface area (Å²) in [6.07, 6.45) is 6.82. The van der Waals surface area contributed by atoms with E-state index in [-0.39, 0.29) is 5.92 Å². The van der Waals surface area contributed by atoms with Gasteiger partial charge in [-0.3, -0.25) is 9.69 Å². The van der Waals surface area contributed by atoms with Crippen molar-refractivity contribution in [3.8, 4) is 11.5 Å². The topological polar surface area (TPSA) is 124 Å². The van der Waals surface area contributed by atoms with Crippen molar-refractivity contribution in [3.05, 3.63) is 23.8 Å². The molecule has 37 heavy (non-hydrogen) atoms. The largest absolute Gasteiger partial charge is 0.539 e.